The van der Waals surface area contributed by atoms with E-state index in [0.717, 1.165) is 37.2 Å². The number of anilines is 1. The quantitative estimate of drug-likeness (QED) is 0.908. The van der Waals surface area contributed by atoms with Crippen molar-refractivity contribution in [2.45, 2.75) is 38.3 Å². The Kier molecular flexibility index (Phi) is 4.53. The molecule has 0 aromatic carbocycles. The van der Waals surface area contributed by atoms with Crippen LogP contribution in [0.3, 0.4) is 0 Å². The monoisotopic (exact) mass is 274 g/mol. The largest absolute Gasteiger partial charge is 0.355 e. The lowest BCUT2D eigenvalue weighted by atomic mass is 10.1. The molecule has 1 N–H and O–H groups in total. The van der Waals surface area contributed by atoms with E-state index in [9.17, 15) is 0 Å². The molecule has 1 aromatic heterocycles. The molecule has 4 nitrogen and oxygen atoms in total. The fourth-order valence-corrected chi connectivity index (χ4v) is 3.45. The second-order valence-electron chi connectivity index (χ2n) is 6.00. The van der Waals surface area contributed by atoms with Crippen LogP contribution >= 0.6 is 0 Å². The molecular weight excluding hydrogens is 248 g/mol. The zero-order valence-electron chi connectivity index (χ0n) is 12.5. The van der Waals surface area contributed by atoms with Gasteiger partial charge in [0.25, 0.3) is 0 Å². The lowest BCUT2D eigenvalue weighted by Crippen LogP contribution is -2.41. The van der Waals surface area contributed by atoms with Gasteiger partial charge in [0.05, 0.1) is 5.69 Å². The molecule has 0 amide bonds. The molecule has 0 radical (unpaired) electrons. The number of pyridine rings is 1. The lowest BCUT2D eigenvalue weighted by molar-refractivity contribution is 0.175. The Morgan fingerprint density at radius 3 is 2.85 bits per heavy atom. The smallest absolute Gasteiger partial charge is 0.128 e. The molecule has 20 heavy (non-hydrogen) atoms. The second kappa shape index (κ2) is 6.55. The summed E-state index contributed by atoms with van der Waals surface area (Å²) in [6.07, 6.45) is 5.47. The summed E-state index contributed by atoms with van der Waals surface area (Å²) in [6, 6.07) is 7.11. The van der Waals surface area contributed by atoms with E-state index in [-0.39, 0.29) is 0 Å². The Morgan fingerprint density at radius 1 is 1.20 bits per heavy atom. The summed E-state index contributed by atoms with van der Waals surface area (Å²) in [5, 5.41) is 3.17. The maximum atomic E-state index is 4.77. The van der Waals surface area contributed by atoms with Crippen LogP contribution in [0, 0.1) is 0 Å². The maximum absolute atomic E-state index is 4.77. The fraction of sp³-hybridized carbons (Fsp3) is 0.688. The number of aromatic nitrogens is 1. The molecule has 2 fully saturated rings. The van der Waals surface area contributed by atoms with Gasteiger partial charge in [-0.2, -0.15) is 0 Å². The molecule has 2 aliphatic heterocycles. The van der Waals surface area contributed by atoms with E-state index in [2.05, 4.69) is 33.3 Å². The minimum absolute atomic E-state index is 0.741. The zero-order chi connectivity index (χ0) is 13.8. The summed E-state index contributed by atoms with van der Waals surface area (Å²) in [6.45, 7) is 5.74. The molecule has 2 aliphatic rings. The zero-order valence-corrected chi connectivity index (χ0v) is 12.5. The Balaban J connectivity index is 1.62. The van der Waals surface area contributed by atoms with Crippen molar-refractivity contribution in [3.8, 4) is 0 Å². The highest BCUT2D eigenvalue weighted by atomic mass is 15.3. The van der Waals surface area contributed by atoms with Gasteiger partial charge in [0.2, 0.25) is 0 Å². The summed E-state index contributed by atoms with van der Waals surface area (Å²) in [5.74, 6) is 1.15. The molecule has 1 aromatic rings. The average molecular weight is 274 g/mol. The van der Waals surface area contributed by atoms with Crippen LogP contribution in [0.2, 0.25) is 0 Å². The van der Waals surface area contributed by atoms with Crippen molar-refractivity contribution in [2.24, 2.45) is 0 Å². The van der Waals surface area contributed by atoms with Gasteiger partial charge in [-0.05, 0) is 51.5 Å². The third-order valence-corrected chi connectivity index (χ3v) is 4.54. The van der Waals surface area contributed by atoms with Gasteiger partial charge in [0.15, 0.2) is 0 Å². The van der Waals surface area contributed by atoms with Crippen LogP contribution in [0.25, 0.3) is 0 Å². The number of nitrogens with one attached hydrogen (secondary N) is 1. The molecule has 110 valence electrons. The van der Waals surface area contributed by atoms with Gasteiger partial charge in [-0.3, -0.25) is 4.90 Å². The van der Waals surface area contributed by atoms with Crippen LogP contribution in [0.15, 0.2) is 18.2 Å². The molecule has 0 bridgehead atoms. The van der Waals surface area contributed by atoms with Crippen LogP contribution in [-0.2, 0) is 6.54 Å². The molecule has 3 heterocycles. The number of hydrogen-bond acceptors (Lipinski definition) is 4. The standard InChI is InChI=1S/C16H26N4/c1-17-12-14-6-5-7-16(18-14)20-11-8-15(13-20)19-9-3-2-4-10-19/h5-7,15,17H,2-4,8-13H2,1H3. The third-order valence-electron chi connectivity index (χ3n) is 4.54. The van der Waals surface area contributed by atoms with E-state index >= 15 is 0 Å². The van der Waals surface area contributed by atoms with Crippen LogP contribution in [0.5, 0.6) is 0 Å². The van der Waals surface area contributed by atoms with Crippen LogP contribution in [0.1, 0.15) is 31.4 Å². The van der Waals surface area contributed by atoms with Gasteiger partial charge in [-0.25, -0.2) is 4.98 Å². The van der Waals surface area contributed by atoms with Gasteiger partial charge >= 0.3 is 0 Å². The first kappa shape index (κ1) is 13.8. The normalized spacial score (nSPS) is 24.2. The molecule has 3 rings (SSSR count). The number of likely N-dealkylation sites (tertiary alicyclic amines) is 1. The Bertz CT molecular complexity index is 428. The fourth-order valence-electron chi connectivity index (χ4n) is 3.45. The van der Waals surface area contributed by atoms with E-state index < -0.39 is 0 Å². The number of hydrogen-bond donors (Lipinski definition) is 1. The lowest BCUT2D eigenvalue weighted by Gasteiger charge is -2.32. The average Bonchev–Trinajstić information content (AvgIpc) is 2.99. The summed E-state index contributed by atoms with van der Waals surface area (Å²) in [5.41, 5.74) is 1.13. The van der Waals surface area contributed by atoms with E-state index in [1.807, 2.05) is 7.05 Å². The molecule has 1 atom stereocenters. The SMILES string of the molecule is CNCc1cccc(N2CCC(N3CCCCC3)C2)n1. The van der Waals surface area contributed by atoms with Crippen molar-refractivity contribution in [1.82, 2.24) is 15.2 Å². The van der Waals surface area contributed by atoms with E-state index in [1.165, 1.54) is 38.8 Å². The first-order valence-corrected chi connectivity index (χ1v) is 7.96. The minimum Gasteiger partial charge on any atom is -0.355 e. The van der Waals surface area contributed by atoms with Crippen molar-refractivity contribution in [1.29, 1.82) is 0 Å². The predicted octanol–water partition coefficient (Wildman–Crippen LogP) is 1.87. The Morgan fingerprint density at radius 2 is 2.05 bits per heavy atom. The van der Waals surface area contributed by atoms with Crippen LogP contribution in [0.4, 0.5) is 5.82 Å². The third kappa shape index (κ3) is 3.13. The highest BCUT2D eigenvalue weighted by molar-refractivity contribution is 5.41. The van der Waals surface area contributed by atoms with Crippen molar-refractivity contribution < 1.29 is 0 Å². The summed E-state index contributed by atoms with van der Waals surface area (Å²) < 4.78 is 0. The molecular formula is C16H26N4. The number of rotatable bonds is 4. The number of piperidine rings is 1. The minimum atomic E-state index is 0.741. The summed E-state index contributed by atoms with van der Waals surface area (Å²) in [4.78, 5) is 9.92. The number of nitrogens with zero attached hydrogens (tertiary/aromatic N) is 3. The van der Waals surface area contributed by atoms with Gasteiger partial charge in [-0.15, -0.1) is 0 Å². The van der Waals surface area contributed by atoms with Crippen molar-refractivity contribution in [3.05, 3.63) is 23.9 Å². The van der Waals surface area contributed by atoms with Crippen molar-refractivity contribution in [2.75, 3.05) is 38.1 Å². The molecule has 1 unspecified atom stereocenters. The van der Waals surface area contributed by atoms with E-state index in [4.69, 9.17) is 4.98 Å². The van der Waals surface area contributed by atoms with Gasteiger partial charge in [0, 0.05) is 25.7 Å². The van der Waals surface area contributed by atoms with Crippen molar-refractivity contribution >= 4 is 5.82 Å². The Hall–Kier alpha value is -1.13. The van der Waals surface area contributed by atoms with Gasteiger partial charge < -0.3 is 10.2 Å². The van der Waals surface area contributed by atoms with E-state index in [0.29, 0.717) is 0 Å². The predicted molar refractivity (Wildman–Crippen MR) is 83.0 cm³/mol. The summed E-state index contributed by atoms with van der Waals surface area (Å²) >= 11 is 0. The Labute approximate surface area is 122 Å². The highest BCUT2D eigenvalue weighted by Gasteiger charge is 2.29. The molecule has 0 aliphatic carbocycles. The highest BCUT2D eigenvalue weighted by Crippen LogP contribution is 2.23. The van der Waals surface area contributed by atoms with E-state index in [1.54, 1.807) is 0 Å². The van der Waals surface area contributed by atoms with Gasteiger partial charge in [-0.1, -0.05) is 12.5 Å². The first-order valence-electron chi connectivity index (χ1n) is 7.96. The molecule has 0 spiro atoms. The van der Waals surface area contributed by atoms with Crippen molar-refractivity contribution in [3.63, 3.8) is 0 Å². The molecule has 0 saturated carbocycles. The summed E-state index contributed by atoms with van der Waals surface area (Å²) in [7, 11) is 1.97. The maximum Gasteiger partial charge on any atom is 0.128 e. The van der Waals surface area contributed by atoms with Crippen LogP contribution < -0.4 is 10.2 Å². The second-order valence-corrected chi connectivity index (χ2v) is 6.00. The molecule has 2 saturated heterocycles. The van der Waals surface area contributed by atoms with Crippen LogP contribution in [-0.4, -0.2) is 49.2 Å². The van der Waals surface area contributed by atoms with Gasteiger partial charge in [0.1, 0.15) is 5.82 Å². The first-order chi connectivity index (χ1) is 9.86. The topological polar surface area (TPSA) is 31.4 Å². The molecule has 4 heteroatoms.